The Bertz CT molecular complexity index is 385. The van der Waals surface area contributed by atoms with Crippen molar-refractivity contribution in [3.05, 3.63) is 17.5 Å². The highest BCUT2D eigenvalue weighted by atomic mass is 16.2. The lowest BCUT2D eigenvalue weighted by Gasteiger charge is -2.00. The number of aryl methyl sites for hydroxylation is 1. The molecule has 1 amide bonds. The zero-order chi connectivity index (χ0) is 11.0. The Morgan fingerprint density at radius 3 is 3.25 bits per heavy atom. The second-order valence-corrected chi connectivity index (χ2v) is 4.52. The number of rotatable bonds is 2. The van der Waals surface area contributed by atoms with Crippen molar-refractivity contribution in [3.63, 3.8) is 0 Å². The van der Waals surface area contributed by atoms with Gasteiger partial charge in [-0.15, -0.1) is 0 Å². The summed E-state index contributed by atoms with van der Waals surface area (Å²) in [5.41, 5.74) is 1.67. The number of aromatic nitrogens is 2. The summed E-state index contributed by atoms with van der Waals surface area (Å²) in [5.74, 6) is -0.0249. The standard InChI is InChI=1S/C11H16N4O/c16-11(13-8-2-3-8)10-6-9-7-12-4-1-5-15(9)14-10/h6,8,12H,1-5,7H2,(H,13,16). The molecule has 2 N–H and O–H groups in total. The third-order valence-electron chi connectivity index (χ3n) is 3.04. The predicted octanol–water partition coefficient (Wildman–Crippen LogP) is 0.269. The first kappa shape index (κ1) is 9.84. The maximum atomic E-state index is 11.8. The van der Waals surface area contributed by atoms with Crippen molar-refractivity contribution in [3.8, 4) is 0 Å². The van der Waals surface area contributed by atoms with Crippen LogP contribution < -0.4 is 10.6 Å². The first-order chi connectivity index (χ1) is 7.83. The van der Waals surface area contributed by atoms with Crippen LogP contribution in [-0.2, 0) is 13.1 Å². The van der Waals surface area contributed by atoms with Gasteiger partial charge >= 0.3 is 0 Å². The van der Waals surface area contributed by atoms with E-state index in [2.05, 4.69) is 15.7 Å². The predicted molar refractivity (Wildman–Crippen MR) is 59.0 cm³/mol. The van der Waals surface area contributed by atoms with E-state index in [1.54, 1.807) is 0 Å². The minimum atomic E-state index is -0.0249. The third-order valence-corrected chi connectivity index (χ3v) is 3.04. The van der Waals surface area contributed by atoms with E-state index >= 15 is 0 Å². The normalized spacial score (nSPS) is 20.0. The first-order valence-corrected chi connectivity index (χ1v) is 5.91. The zero-order valence-electron chi connectivity index (χ0n) is 9.20. The molecule has 5 nitrogen and oxygen atoms in total. The van der Waals surface area contributed by atoms with E-state index in [0.29, 0.717) is 11.7 Å². The summed E-state index contributed by atoms with van der Waals surface area (Å²) in [4.78, 5) is 11.8. The monoisotopic (exact) mass is 220 g/mol. The smallest absolute Gasteiger partial charge is 0.272 e. The lowest BCUT2D eigenvalue weighted by molar-refractivity contribution is 0.0945. The lowest BCUT2D eigenvalue weighted by Crippen LogP contribution is -2.26. The Morgan fingerprint density at radius 1 is 1.56 bits per heavy atom. The van der Waals surface area contributed by atoms with Gasteiger partial charge < -0.3 is 10.6 Å². The molecule has 3 rings (SSSR count). The van der Waals surface area contributed by atoms with Crippen molar-refractivity contribution in [2.24, 2.45) is 0 Å². The van der Waals surface area contributed by atoms with Gasteiger partial charge in [-0.05, 0) is 31.9 Å². The second-order valence-electron chi connectivity index (χ2n) is 4.52. The fourth-order valence-electron chi connectivity index (χ4n) is 1.96. The van der Waals surface area contributed by atoms with Crippen molar-refractivity contribution in [2.45, 2.75) is 38.4 Å². The number of carbonyl (C=O) groups is 1. The molecular weight excluding hydrogens is 204 g/mol. The summed E-state index contributed by atoms with van der Waals surface area (Å²) in [6.07, 6.45) is 3.29. The Labute approximate surface area is 94.2 Å². The summed E-state index contributed by atoms with van der Waals surface area (Å²) in [5, 5.41) is 10.6. The number of hydrogen-bond acceptors (Lipinski definition) is 3. The molecular formula is C11H16N4O. The molecule has 2 heterocycles. The van der Waals surface area contributed by atoms with Crippen LogP contribution in [0.25, 0.3) is 0 Å². The van der Waals surface area contributed by atoms with Crippen LogP contribution in [0.4, 0.5) is 0 Å². The highest BCUT2D eigenvalue weighted by Crippen LogP contribution is 2.19. The number of fused-ring (bicyclic) bond motifs is 1. The summed E-state index contributed by atoms with van der Waals surface area (Å²) in [6, 6.07) is 2.29. The van der Waals surface area contributed by atoms with Crippen LogP contribution in [0, 0.1) is 0 Å². The molecule has 86 valence electrons. The van der Waals surface area contributed by atoms with E-state index in [0.717, 1.165) is 44.6 Å². The van der Waals surface area contributed by atoms with Crippen LogP contribution in [0.3, 0.4) is 0 Å². The van der Waals surface area contributed by atoms with Gasteiger partial charge in [0.05, 0.1) is 5.69 Å². The van der Waals surface area contributed by atoms with Crippen molar-refractivity contribution in [2.75, 3.05) is 6.54 Å². The summed E-state index contributed by atoms with van der Waals surface area (Å²) in [7, 11) is 0. The van der Waals surface area contributed by atoms with Gasteiger partial charge in [0.25, 0.3) is 5.91 Å². The molecule has 0 bridgehead atoms. The van der Waals surface area contributed by atoms with Gasteiger partial charge in [0.2, 0.25) is 0 Å². The van der Waals surface area contributed by atoms with Gasteiger partial charge in [0.15, 0.2) is 0 Å². The maximum Gasteiger partial charge on any atom is 0.272 e. The average molecular weight is 220 g/mol. The fraction of sp³-hybridized carbons (Fsp3) is 0.636. The van der Waals surface area contributed by atoms with E-state index in [9.17, 15) is 4.79 Å². The molecule has 5 heteroatoms. The first-order valence-electron chi connectivity index (χ1n) is 5.91. The van der Waals surface area contributed by atoms with Crippen molar-refractivity contribution < 1.29 is 4.79 Å². The molecule has 16 heavy (non-hydrogen) atoms. The molecule has 1 aliphatic carbocycles. The van der Waals surface area contributed by atoms with Gasteiger partial charge in [-0.1, -0.05) is 0 Å². The van der Waals surface area contributed by atoms with E-state index in [4.69, 9.17) is 0 Å². The number of nitrogens with zero attached hydrogens (tertiary/aromatic N) is 2. The van der Waals surface area contributed by atoms with Gasteiger partial charge in [0, 0.05) is 19.1 Å². The van der Waals surface area contributed by atoms with E-state index in [1.165, 1.54) is 0 Å². The van der Waals surface area contributed by atoms with E-state index < -0.39 is 0 Å². The molecule has 0 atom stereocenters. The van der Waals surface area contributed by atoms with Crippen LogP contribution in [0.5, 0.6) is 0 Å². The van der Waals surface area contributed by atoms with Gasteiger partial charge in [-0.3, -0.25) is 9.48 Å². The average Bonchev–Trinajstić information content (AvgIpc) is 3.03. The number of nitrogens with one attached hydrogen (secondary N) is 2. The molecule has 0 aromatic carbocycles. The molecule has 1 aromatic rings. The molecule has 0 unspecified atom stereocenters. The van der Waals surface area contributed by atoms with Crippen molar-refractivity contribution >= 4 is 5.91 Å². The van der Waals surface area contributed by atoms with Crippen LogP contribution in [-0.4, -0.2) is 28.3 Å². The van der Waals surface area contributed by atoms with Gasteiger partial charge in [-0.2, -0.15) is 5.10 Å². The maximum absolute atomic E-state index is 11.8. The zero-order valence-corrected chi connectivity index (χ0v) is 9.20. The largest absolute Gasteiger partial charge is 0.348 e. The Hall–Kier alpha value is -1.36. The number of hydrogen-bond donors (Lipinski definition) is 2. The summed E-state index contributed by atoms with van der Waals surface area (Å²) >= 11 is 0. The topological polar surface area (TPSA) is 59.0 Å². The van der Waals surface area contributed by atoms with Crippen LogP contribution in [0.15, 0.2) is 6.07 Å². The highest BCUT2D eigenvalue weighted by molar-refractivity contribution is 5.92. The van der Waals surface area contributed by atoms with Crippen LogP contribution in [0.1, 0.15) is 35.4 Å². The molecule has 0 spiro atoms. The molecule has 1 aliphatic heterocycles. The molecule has 2 aliphatic rings. The molecule has 1 saturated carbocycles. The molecule has 0 saturated heterocycles. The van der Waals surface area contributed by atoms with E-state index in [1.807, 2.05) is 10.7 Å². The lowest BCUT2D eigenvalue weighted by atomic mass is 10.3. The van der Waals surface area contributed by atoms with Gasteiger partial charge in [-0.25, -0.2) is 0 Å². The SMILES string of the molecule is O=C(NC1CC1)c1cc2n(n1)CCCNC2. The molecule has 1 fully saturated rings. The van der Waals surface area contributed by atoms with Crippen molar-refractivity contribution in [1.29, 1.82) is 0 Å². The molecule has 0 radical (unpaired) electrons. The Kier molecular flexibility index (Phi) is 2.40. The second kappa shape index (κ2) is 3.90. The van der Waals surface area contributed by atoms with Crippen LogP contribution >= 0.6 is 0 Å². The summed E-state index contributed by atoms with van der Waals surface area (Å²) < 4.78 is 1.95. The highest BCUT2D eigenvalue weighted by Gasteiger charge is 2.25. The third kappa shape index (κ3) is 1.95. The van der Waals surface area contributed by atoms with Crippen molar-refractivity contribution in [1.82, 2.24) is 20.4 Å². The quantitative estimate of drug-likeness (QED) is 0.752. The fourth-order valence-corrected chi connectivity index (χ4v) is 1.96. The minimum Gasteiger partial charge on any atom is -0.348 e. The molecule has 1 aromatic heterocycles. The van der Waals surface area contributed by atoms with E-state index in [-0.39, 0.29) is 5.91 Å². The minimum absolute atomic E-state index is 0.0249. The Morgan fingerprint density at radius 2 is 2.44 bits per heavy atom. The van der Waals surface area contributed by atoms with Gasteiger partial charge in [0.1, 0.15) is 5.69 Å². The number of carbonyl (C=O) groups excluding carboxylic acids is 1. The Balaban J connectivity index is 1.77. The summed E-state index contributed by atoms with van der Waals surface area (Å²) in [6.45, 7) is 2.73. The van der Waals surface area contributed by atoms with Crippen LogP contribution in [0.2, 0.25) is 0 Å². The number of amides is 1.